The number of ether oxygens (including phenoxy) is 2. The molecule has 2 aliphatic rings. The molecule has 2 aromatic heterocycles. The van der Waals surface area contributed by atoms with E-state index in [1.54, 1.807) is 0 Å². The topological polar surface area (TPSA) is 165 Å². The Kier molecular flexibility index (Phi) is 11.4. The fourth-order valence-electron chi connectivity index (χ4n) is 5.18. The van der Waals surface area contributed by atoms with E-state index in [-0.39, 0.29) is 53.8 Å². The summed E-state index contributed by atoms with van der Waals surface area (Å²) < 4.78 is 36.7. The largest absolute Gasteiger partial charge is 0.469 e. The lowest BCUT2D eigenvalue weighted by atomic mass is 9.63. The highest BCUT2D eigenvalue weighted by Gasteiger charge is 2.51. The van der Waals surface area contributed by atoms with E-state index in [2.05, 4.69) is 46.6 Å². The molecular formula is C30H25Br2ClF2N4O8. The molecule has 0 saturated heterocycles. The summed E-state index contributed by atoms with van der Waals surface area (Å²) in [6.07, 6.45) is 7.02. The maximum absolute atomic E-state index is 13.7. The third kappa shape index (κ3) is 7.33. The van der Waals surface area contributed by atoms with Crippen LogP contribution in [0.3, 0.4) is 0 Å². The summed E-state index contributed by atoms with van der Waals surface area (Å²) in [5, 5.41) is 22.7. The van der Waals surface area contributed by atoms with Crippen LogP contribution in [0.2, 0.25) is 5.02 Å². The highest BCUT2D eigenvalue weighted by molar-refractivity contribution is 9.10. The van der Waals surface area contributed by atoms with E-state index in [1.807, 2.05) is 0 Å². The number of esters is 2. The lowest BCUT2D eigenvalue weighted by Gasteiger charge is -2.39. The SMILES string of the molecule is COC(=O)C1(c2c([N+](=O)[O-])cnc3cc(F)c(Br)cc23)CCC1.COC(=O)C1CCC1.O=[N+]([O-])c1cnc2cc(F)c(Br)cc2c1Cl. The van der Waals surface area contributed by atoms with Crippen molar-refractivity contribution in [1.29, 1.82) is 0 Å². The number of nitro groups is 2. The van der Waals surface area contributed by atoms with E-state index < -0.39 is 32.9 Å². The average Bonchev–Trinajstić information content (AvgIpc) is 2.98. The van der Waals surface area contributed by atoms with Gasteiger partial charge in [0.2, 0.25) is 0 Å². The van der Waals surface area contributed by atoms with E-state index in [0.717, 1.165) is 37.7 Å². The molecule has 0 spiro atoms. The number of fused-ring (bicyclic) bond motifs is 2. The molecule has 0 N–H and O–H groups in total. The van der Waals surface area contributed by atoms with Crippen LogP contribution in [-0.2, 0) is 24.5 Å². The van der Waals surface area contributed by atoms with E-state index >= 15 is 0 Å². The molecule has 0 atom stereocenters. The molecule has 0 unspecified atom stereocenters. The van der Waals surface area contributed by atoms with Crippen LogP contribution in [0.4, 0.5) is 20.2 Å². The van der Waals surface area contributed by atoms with Gasteiger partial charge in [0.05, 0.1) is 55.5 Å². The van der Waals surface area contributed by atoms with Gasteiger partial charge in [-0.2, -0.15) is 0 Å². The van der Waals surface area contributed by atoms with Gasteiger partial charge in [-0.3, -0.25) is 29.8 Å². The molecule has 0 radical (unpaired) electrons. The zero-order chi connectivity index (χ0) is 34.6. The number of rotatable bonds is 5. The molecule has 4 aromatic rings. The van der Waals surface area contributed by atoms with Crippen LogP contribution in [0.1, 0.15) is 44.1 Å². The van der Waals surface area contributed by atoms with Gasteiger partial charge in [0.1, 0.15) is 34.5 Å². The molecule has 2 aliphatic carbocycles. The third-order valence-corrected chi connectivity index (χ3v) is 9.62. The van der Waals surface area contributed by atoms with Crippen LogP contribution in [-0.4, -0.2) is 46.0 Å². The minimum absolute atomic E-state index is 0.0312. The number of methoxy groups -OCH3 is 2. The number of nitrogens with zero attached hydrogens (tertiary/aromatic N) is 4. The molecule has 2 heterocycles. The van der Waals surface area contributed by atoms with Gasteiger partial charge in [-0.1, -0.05) is 24.4 Å². The number of aromatic nitrogens is 2. The zero-order valence-corrected chi connectivity index (χ0v) is 28.7. The second-order valence-electron chi connectivity index (χ2n) is 10.6. The van der Waals surface area contributed by atoms with Crippen molar-refractivity contribution >= 4 is 88.6 Å². The van der Waals surface area contributed by atoms with Crippen LogP contribution in [0.15, 0.2) is 45.6 Å². The molecule has 0 aliphatic heterocycles. The standard InChI is InChI=1S/C15H12BrFN2O4.C9H3BrClFN2O2.C6H10O2/c1-23-14(20)15(3-2-4-15)13-8-5-9(16)10(17)6-11(8)18-7-12(13)19(21)22;10-5-1-4-7(2-6(5)12)13-3-8(9(4)11)14(15)16;1-8-6(7)5-3-2-4-5/h5-7H,2-4H2,1H3;1-3H;5H,2-4H2,1H3. The van der Waals surface area contributed by atoms with Crippen LogP contribution in [0.25, 0.3) is 21.8 Å². The second-order valence-corrected chi connectivity index (χ2v) is 12.7. The summed E-state index contributed by atoms with van der Waals surface area (Å²) in [6.45, 7) is 0. The van der Waals surface area contributed by atoms with Crippen molar-refractivity contribution in [2.45, 2.75) is 43.9 Å². The lowest BCUT2D eigenvalue weighted by Crippen LogP contribution is -2.44. The normalized spacial score (nSPS) is 14.8. The molecule has 248 valence electrons. The Hall–Kier alpha value is -3.89. The van der Waals surface area contributed by atoms with Crippen molar-refractivity contribution in [1.82, 2.24) is 9.97 Å². The maximum Gasteiger partial charge on any atom is 0.316 e. The zero-order valence-electron chi connectivity index (χ0n) is 24.7. The monoisotopic (exact) mass is 800 g/mol. The first-order valence-corrected chi connectivity index (χ1v) is 15.9. The summed E-state index contributed by atoms with van der Waals surface area (Å²) >= 11 is 11.9. The van der Waals surface area contributed by atoms with Crippen LogP contribution < -0.4 is 0 Å². The molecular weight excluding hydrogens is 778 g/mol. The van der Waals surface area contributed by atoms with E-state index in [9.17, 15) is 38.6 Å². The predicted molar refractivity (Wildman–Crippen MR) is 174 cm³/mol. The predicted octanol–water partition coefficient (Wildman–Crippen LogP) is 8.30. The van der Waals surface area contributed by atoms with Crippen molar-refractivity contribution in [2.75, 3.05) is 14.2 Å². The lowest BCUT2D eigenvalue weighted by molar-refractivity contribution is -0.386. The average molecular weight is 803 g/mol. The summed E-state index contributed by atoms with van der Waals surface area (Å²) in [7, 11) is 2.70. The first kappa shape index (κ1) is 36.0. The number of pyridine rings is 2. The van der Waals surface area contributed by atoms with Gasteiger partial charge in [-0.25, -0.2) is 18.7 Å². The van der Waals surface area contributed by atoms with Crippen molar-refractivity contribution in [2.24, 2.45) is 5.92 Å². The summed E-state index contributed by atoms with van der Waals surface area (Å²) in [6, 6.07) is 5.15. The molecule has 17 heteroatoms. The molecule has 0 bridgehead atoms. The number of carbonyl (C=O) groups is 2. The van der Waals surface area contributed by atoms with Crippen molar-refractivity contribution in [3.8, 4) is 0 Å². The number of benzene rings is 2. The first-order chi connectivity index (χ1) is 22.2. The van der Waals surface area contributed by atoms with Crippen molar-refractivity contribution < 1.29 is 37.7 Å². The fraction of sp³-hybridized carbons (Fsp3) is 0.333. The molecule has 0 amide bonds. The summed E-state index contributed by atoms with van der Waals surface area (Å²) in [5.74, 6) is -1.33. The Balaban J connectivity index is 0.000000180. The number of hydrogen-bond donors (Lipinski definition) is 0. The maximum atomic E-state index is 13.7. The molecule has 47 heavy (non-hydrogen) atoms. The van der Waals surface area contributed by atoms with Gasteiger partial charge < -0.3 is 9.47 Å². The third-order valence-electron chi connectivity index (χ3n) is 8.01. The molecule has 2 saturated carbocycles. The van der Waals surface area contributed by atoms with Crippen LogP contribution in [0.5, 0.6) is 0 Å². The Labute approximate surface area is 287 Å². The van der Waals surface area contributed by atoms with Gasteiger partial charge in [0.15, 0.2) is 0 Å². The minimum Gasteiger partial charge on any atom is -0.469 e. The highest BCUT2D eigenvalue weighted by Crippen LogP contribution is 2.50. The van der Waals surface area contributed by atoms with Crippen LogP contribution in [0, 0.1) is 37.8 Å². The number of carbonyl (C=O) groups excluding carboxylic acids is 2. The van der Waals surface area contributed by atoms with Gasteiger partial charge >= 0.3 is 17.6 Å². The van der Waals surface area contributed by atoms with Gasteiger partial charge in [0.25, 0.3) is 5.69 Å². The Morgan fingerprint density at radius 2 is 1.38 bits per heavy atom. The Bertz CT molecular complexity index is 1910. The smallest absolute Gasteiger partial charge is 0.316 e. The Morgan fingerprint density at radius 3 is 1.79 bits per heavy atom. The summed E-state index contributed by atoms with van der Waals surface area (Å²) in [4.78, 5) is 51.5. The fourth-order valence-corrected chi connectivity index (χ4v) is 6.14. The van der Waals surface area contributed by atoms with Crippen molar-refractivity contribution in [3.63, 3.8) is 0 Å². The molecule has 12 nitrogen and oxygen atoms in total. The second kappa shape index (κ2) is 14.9. The minimum atomic E-state index is -1.07. The molecule has 2 aromatic carbocycles. The molecule has 2 fully saturated rings. The van der Waals surface area contributed by atoms with Gasteiger partial charge in [-0.15, -0.1) is 0 Å². The highest BCUT2D eigenvalue weighted by atomic mass is 79.9. The van der Waals surface area contributed by atoms with Crippen molar-refractivity contribution in [3.05, 3.63) is 88.1 Å². The van der Waals surface area contributed by atoms with E-state index in [4.69, 9.17) is 16.3 Å². The quantitative estimate of drug-likeness (QED) is 0.109. The van der Waals surface area contributed by atoms with Gasteiger partial charge in [0, 0.05) is 22.9 Å². The van der Waals surface area contributed by atoms with Crippen LogP contribution >= 0.6 is 43.5 Å². The van der Waals surface area contributed by atoms with Gasteiger partial charge in [-0.05, 0) is 69.7 Å². The summed E-state index contributed by atoms with van der Waals surface area (Å²) in [5.41, 5.74) is -0.826. The number of hydrogen-bond acceptors (Lipinski definition) is 10. The van der Waals surface area contributed by atoms with E-state index in [1.165, 1.54) is 38.8 Å². The first-order valence-electron chi connectivity index (χ1n) is 13.9. The number of halogens is 5. The van der Waals surface area contributed by atoms with E-state index in [0.29, 0.717) is 23.6 Å². The molecule has 6 rings (SSSR count). The Morgan fingerprint density at radius 1 is 0.872 bits per heavy atom.